The highest BCUT2D eigenvalue weighted by Crippen LogP contribution is 2.38. The van der Waals surface area contributed by atoms with Crippen LogP contribution in [-0.4, -0.2) is 50.3 Å². The van der Waals surface area contributed by atoms with Gasteiger partial charge in [0.2, 0.25) is 11.8 Å². The van der Waals surface area contributed by atoms with Crippen LogP contribution in [0.5, 0.6) is 11.8 Å². The molecule has 1 aromatic heterocycles. The first-order chi connectivity index (χ1) is 16.5. The van der Waals surface area contributed by atoms with Crippen molar-refractivity contribution in [1.29, 1.82) is 0 Å². The molecule has 0 unspecified atom stereocenters. The van der Waals surface area contributed by atoms with Gasteiger partial charge in [-0.15, -0.1) is 0 Å². The maximum absolute atomic E-state index is 15.3. The third-order valence-corrected chi connectivity index (χ3v) is 6.33. The maximum atomic E-state index is 15.3. The van der Waals surface area contributed by atoms with E-state index in [1.165, 1.54) is 12.1 Å². The number of unbranched alkanes of at least 4 members (excludes halogenated alkanes) is 2. The van der Waals surface area contributed by atoms with Crippen molar-refractivity contribution in [3.63, 3.8) is 0 Å². The first-order valence-electron chi connectivity index (χ1n) is 12.3. The van der Waals surface area contributed by atoms with Gasteiger partial charge < -0.3 is 23.8 Å². The number of halogens is 2. The zero-order valence-corrected chi connectivity index (χ0v) is 20.1. The van der Waals surface area contributed by atoms with E-state index in [1.54, 1.807) is 12.1 Å². The fourth-order valence-corrected chi connectivity index (χ4v) is 4.31. The van der Waals surface area contributed by atoms with Crippen LogP contribution in [0.1, 0.15) is 52.4 Å². The summed E-state index contributed by atoms with van der Waals surface area (Å²) in [5, 5.41) is 0. The van der Waals surface area contributed by atoms with E-state index in [4.69, 9.17) is 18.9 Å². The normalized spacial score (nSPS) is 17.4. The molecule has 0 N–H and O–H groups in total. The van der Waals surface area contributed by atoms with Gasteiger partial charge in [-0.25, -0.2) is 8.78 Å². The lowest BCUT2D eigenvalue weighted by Crippen LogP contribution is -2.45. The number of piperidine rings is 1. The van der Waals surface area contributed by atoms with Crippen molar-refractivity contribution in [2.75, 3.05) is 44.4 Å². The zero-order chi connectivity index (χ0) is 24.0. The molecule has 0 radical (unpaired) electrons. The molecular weight excluding hydrogens is 442 g/mol. The fourth-order valence-electron chi connectivity index (χ4n) is 4.31. The van der Waals surface area contributed by atoms with Crippen LogP contribution in [0, 0.1) is 11.6 Å². The van der Waals surface area contributed by atoms with E-state index in [-0.39, 0.29) is 17.1 Å². The lowest BCUT2D eigenvalue weighted by molar-refractivity contribution is -0.169. The van der Waals surface area contributed by atoms with Crippen LogP contribution in [0.15, 0.2) is 24.3 Å². The molecular formula is C26H34F2N2O4. The number of aromatic nitrogens is 1. The van der Waals surface area contributed by atoms with Gasteiger partial charge in [0, 0.05) is 49.2 Å². The summed E-state index contributed by atoms with van der Waals surface area (Å²) in [6.45, 7) is 7.35. The Bertz CT molecular complexity index is 956. The Kier molecular flexibility index (Phi) is 8.21. The van der Waals surface area contributed by atoms with Gasteiger partial charge >= 0.3 is 0 Å². The monoisotopic (exact) mass is 476 g/mol. The summed E-state index contributed by atoms with van der Waals surface area (Å²) in [4.78, 5) is 6.29. The second-order valence-corrected chi connectivity index (χ2v) is 8.78. The van der Waals surface area contributed by atoms with Gasteiger partial charge in [-0.3, -0.25) is 0 Å². The van der Waals surface area contributed by atoms with Gasteiger partial charge in [0.25, 0.3) is 0 Å². The third kappa shape index (κ3) is 5.61. The van der Waals surface area contributed by atoms with E-state index in [0.29, 0.717) is 63.8 Å². The van der Waals surface area contributed by atoms with Crippen LogP contribution >= 0.6 is 0 Å². The molecule has 0 amide bonds. The summed E-state index contributed by atoms with van der Waals surface area (Å²) in [6.07, 6.45) is 4.94. The Morgan fingerprint density at radius 1 is 0.912 bits per heavy atom. The zero-order valence-electron chi connectivity index (χ0n) is 20.1. The Labute approximate surface area is 200 Å². The second-order valence-electron chi connectivity index (χ2n) is 8.78. The summed E-state index contributed by atoms with van der Waals surface area (Å²) in [5.41, 5.74) is 0.776. The van der Waals surface area contributed by atoms with Crippen molar-refractivity contribution < 1.29 is 27.7 Å². The van der Waals surface area contributed by atoms with Crippen molar-refractivity contribution in [3.8, 4) is 22.9 Å². The fraction of sp³-hybridized carbons (Fsp3) is 0.577. The molecule has 0 saturated carbocycles. The predicted molar refractivity (Wildman–Crippen MR) is 126 cm³/mol. The molecule has 2 aliphatic heterocycles. The molecule has 1 spiro atoms. The van der Waals surface area contributed by atoms with E-state index < -0.39 is 17.4 Å². The molecule has 0 atom stereocenters. The van der Waals surface area contributed by atoms with Gasteiger partial charge in [-0.2, -0.15) is 4.98 Å². The topological polar surface area (TPSA) is 53.1 Å². The number of ether oxygens (including phenoxy) is 4. The molecule has 2 aliphatic rings. The second kappa shape index (κ2) is 11.3. The number of anilines is 1. The molecule has 2 aromatic rings. The summed E-state index contributed by atoms with van der Waals surface area (Å²) < 4.78 is 53.6. The number of nitrogens with zero attached hydrogens (tertiary/aromatic N) is 2. The van der Waals surface area contributed by atoms with Crippen molar-refractivity contribution >= 4 is 5.69 Å². The third-order valence-electron chi connectivity index (χ3n) is 6.33. The molecule has 34 heavy (non-hydrogen) atoms. The van der Waals surface area contributed by atoms with Crippen LogP contribution in [0.2, 0.25) is 0 Å². The Balaban J connectivity index is 1.56. The average molecular weight is 477 g/mol. The van der Waals surface area contributed by atoms with Crippen LogP contribution in [0.25, 0.3) is 11.1 Å². The van der Waals surface area contributed by atoms with E-state index in [2.05, 4.69) is 18.8 Å². The summed E-state index contributed by atoms with van der Waals surface area (Å²) in [7, 11) is 0. The van der Waals surface area contributed by atoms with Gasteiger partial charge in [0.15, 0.2) is 5.79 Å². The highest BCUT2D eigenvalue weighted by Gasteiger charge is 2.40. The Morgan fingerprint density at radius 3 is 2.26 bits per heavy atom. The number of hydrogen-bond acceptors (Lipinski definition) is 6. The maximum Gasteiger partial charge on any atom is 0.224 e. The smallest absolute Gasteiger partial charge is 0.224 e. The number of hydrogen-bond donors (Lipinski definition) is 0. The van der Waals surface area contributed by atoms with Crippen molar-refractivity contribution in [1.82, 2.24) is 4.98 Å². The van der Waals surface area contributed by atoms with Gasteiger partial charge in [0.1, 0.15) is 11.6 Å². The molecule has 0 bridgehead atoms. The number of benzene rings is 1. The minimum Gasteiger partial charge on any atom is -0.478 e. The minimum atomic E-state index is -0.567. The first kappa shape index (κ1) is 24.7. The summed E-state index contributed by atoms with van der Waals surface area (Å²) in [5.74, 6) is -0.901. The van der Waals surface area contributed by atoms with Crippen molar-refractivity contribution in [2.45, 2.75) is 58.2 Å². The standard InChI is InChI=1S/C26H34F2N2O4/c1-3-5-13-31-24-8-7-19(25(29-24)32-14-6-4-2)20-17-22(28)23(18-21(20)27)30-11-9-26(10-12-30)33-15-16-34-26/h7-8,17-18H,3-6,9-16H2,1-2H3. The van der Waals surface area contributed by atoms with E-state index in [1.807, 2.05) is 4.90 Å². The van der Waals surface area contributed by atoms with Gasteiger partial charge in [-0.1, -0.05) is 26.7 Å². The Morgan fingerprint density at radius 2 is 1.59 bits per heavy atom. The number of pyridine rings is 1. The largest absolute Gasteiger partial charge is 0.478 e. The minimum absolute atomic E-state index is 0.122. The van der Waals surface area contributed by atoms with E-state index in [0.717, 1.165) is 25.7 Å². The summed E-state index contributed by atoms with van der Waals surface area (Å²) in [6, 6.07) is 5.86. The molecule has 3 heterocycles. The van der Waals surface area contributed by atoms with Crippen molar-refractivity contribution in [2.24, 2.45) is 0 Å². The molecule has 1 aromatic carbocycles. The molecule has 8 heteroatoms. The molecule has 6 nitrogen and oxygen atoms in total. The molecule has 186 valence electrons. The quantitative estimate of drug-likeness (QED) is 0.409. The van der Waals surface area contributed by atoms with Crippen molar-refractivity contribution in [3.05, 3.63) is 35.9 Å². The van der Waals surface area contributed by atoms with Gasteiger partial charge in [0.05, 0.1) is 32.1 Å². The van der Waals surface area contributed by atoms with Crippen LogP contribution in [0.4, 0.5) is 14.5 Å². The first-order valence-corrected chi connectivity index (χ1v) is 12.3. The lowest BCUT2D eigenvalue weighted by Gasteiger charge is -2.38. The molecule has 2 saturated heterocycles. The highest BCUT2D eigenvalue weighted by atomic mass is 19.1. The number of rotatable bonds is 10. The van der Waals surface area contributed by atoms with Gasteiger partial charge in [-0.05, 0) is 25.0 Å². The predicted octanol–water partition coefficient (Wildman–Crippen LogP) is 5.73. The van der Waals surface area contributed by atoms with Crippen LogP contribution < -0.4 is 14.4 Å². The van der Waals surface area contributed by atoms with Crippen LogP contribution in [-0.2, 0) is 9.47 Å². The lowest BCUT2D eigenvalue weighted by atomic mass is 10.0. The summed E-state index contributed by atoms with van der Waals surface area (Å²) >= 11 is 0. The van der Waals surface area contributed by atoms with E-state index in [9.17, 15) is 0 Å². The highest BCUT2D eigenvalue weighted by molar-refractivity contribution is 5.72. The molecule has 4 rings (SSSR count). The molecule has 2 fully saturated rings. The molecule has 0 aliphatic carbocycles. The SMILES string of the molecule is CCCCOc1ccc(-c2cc(F)c(N3CCC4(CC3)OCCO4)cc2F)c(OCCCC)n1. The average Bonchev–Trinajstić information content (AvgIpc) is 3.29. The van der Waals surface area contributed by atoms with E-state index >= 15 is 8.78 Å². The Hall–Kier alpha value is -2.45. The van der Waals surface area contributed by atoms with Crippen LogP contribution in [0.3, 0.4) is 0 Å².